The molecule has 0 atom stereocenters. The van der Waals surface area contributed by atoms with Crippen molar-refractivity contribution in [2.24, 2.45) is 5.41 Å². The lowest BCUT2D eigenvalue weighted by Crippen LogP contribution is -2.28. The number of hydrazine groups is 1. The minimum absolute atomic E-state index is 0.0124. The fourth-order valence-electron chi connectivity index (χ4n) is 1.82. The average Bonchev–Trinajstić information content (AvgIpc) is 2.65. The molecule has 1 fully saturated rings. The molecule has 2 rings (SSSR count). The SMILES string of the molecule is CCCOc1ccc(/C=C2\NNC(=O)C2(C)C)cc1. The van der Waals surface area contributed by atoms with Crippen molar-refractivity contribution in [3.05, 3.63) is 35.5 Å². The lowest BCUT2D eigenvalue weighted by atomic mass is 9.89. The van der Waals surface area contributed by atoms with Crippen LogP contribution in [0.4, 0.5) is 0 Å². The second-order valence-electron chi connectivity index (χ2n) is 5.18. The minimum Gasteiger partial charge on any atom is -0.494 e. The summed E-state index contributed by atoms with van der Waals surface area (Å²) in [5, 5.41) is 0. The summed E-state index contributed by atoms with van der Waals surface area (Å²) in [5.41, 5.74) is 6.96. The van der Waals surface area contributed by atoms with Gasteiger partial charge in [0.05, 0.1) is 12.0 Å². The van der Waals surface area contributed by atoms with E-state index in [0.717, 1.165) is 30.0 Å². The maximum absolute atomic E-state index is 11.6. The van der Waals surface area contributed by atoms with E-state index in [9.17, 15) is 4.79 Å². The molecule has 2 N–H and O–H groups in total. The first-order valence-electron chi connectivity index (χ1n) is 6.55. The summed E-state index contributed by atoms with van der Waals surface area (Å²) in [7, 11) is 0. The highest BCUT2D eigenvalue weighted by atomic mass is 16.5. The summed E-state index contributed by atoms with van der Waals surface area (Å²) in [6.45, 7) is 6.60. The first-order valence-corrected chi connectivity index (χ1v) is 6.55. The molecule has 4 heteroatoms. The van der Waals surface area contributed by atoms with Crippen molar-refractivity contribution in [2.45, 2.75) is 27.2 Å². The number of ether oxygens (including phenoxy) is 1. The molecule has 1 aliphatic heterocycles. The molecule has 102 valence electrons. The summed E-state index contributed by atoms with van der Waals surface area (Å²) < 4.78 is 5.54. The van der Waals surface area contributed by atoms with Gasteiger partial charge in [0.25, 0.3) is 0 Å². The highest BCUT2D eigenvalue weighted by Crippen LogP contribution is 2.29. The third-order valence-electron chi connectivity index (χ3n) is 3.22. The predicted octanol–water partition coefficient (Wildman–Crippen LogP) is 2.48. The van der Waals surface area contributed by atoms with Crippen LogP contribution in [0.2, 0.25) is 0 Å². The topological polar surface area (TPSA) is 50.4 Å². The van der Waals surface area contributed by atoms with Gasteiger partial charge in [-0.05, 0) is 44.0 Å². The van der Waals surface area contributed by atoms with Crippen molar-refractivity contribution in [1.82, 2.24) is 10.9 Å². The number of hydrogen-bond acceptors (Lipinski definition) is 3. The molecule has 1 saturated heterocycles. The molecule has 4 nitrogen and oxygen atoms in total. The maximum atomic E-state index is 11.6. The molecule has 1 aromatic rings. The molecule has 0 unspecified atom stereocenters. The molecular formula is C15H20N2O2. The number of nitrogens with one attached hydrogen (secondary N) is 2. The first-order chi connectivity index (χ1) is 9.04. The molecule has 1 aromatic carbocycles. The zero-order valence-corrected chi connectivity index (χ0v) is 11.6. The van der Waals surface area contributed by atoms with Crippen molar-refractivity contribution in [3.8, 4) is 5.75 Å². The van der Waals surface area contributed by atoms with E-state index in [1.165, 1.54) is 0 Å². The van der Waals surface area contributed by atoms with E-state index in [1.54, 1.807) is 0 Å². The van der Waals surface area contributed by atoms with E-state index in [4.69, 9.17) is 4.74 Å². The maximum Gasteiger partial charge on any atom is 0.249 e. The van der Waals surface area contributed by atoms with Crippen molar-refractivity contribution >= 4 is 12.0 Å². The highest BCUT2D eigenvalue weighted by Gasteiger charge is 2.37. The second kappa shape index (κ2) is 5.34. The molecule has 0 bridgehead atoms. The van der Waals surface area contributed by atoms with Crippen LogP contribution < -0.4 is 15.6 Å². The van der Waals surface area contributed by atoms with Gasteiger partial charge in [-0.25, -0.2) is 0 Å². The number of hydrogen-bond donors (Lipinski definition) is 2. The van der Waals surface area contributed by atoms with Crippen molar-refractivity contribution in [1.29, 1.82) is 0 Å². The second-order valence-corrected chi connectivity index (χ2v) is 5.18. The molecule has 0 aliphatic carbocycles. The van der Waals surface area contributed by atoms with Crippen LogP contribution in [0, 0.1) is 5.41 Å². The van der Waals surface area contributed by atoms with Crippen LogP contribution >= 0.6 is 0 Å². The standard InChI is InChI=1S/C15H20N2O2/c1-4-9-19-12-7-5-11(6-8-12)10-13-15(2,3)14(18)17-16-13/h5-8,10,16H,4,9H2,1-3H3,(H,17,18)/b13-10-. The Balaban J connectivity index is 2.13. The van der Waals surface area contributed by atoms with Crippen molar-refractivity contribution in [3.63, 3.8) is 0 Å². The Hall–Kier alpha value is -1.97. The van der Waals surface area contributed by atoms with Gasteiger partial charge < -0.3 is 10.2 Å². The van der Waals surface area contributed by atoms with E-state index in [1.807, 2.05) is 44.2 Å². The number of benzene rings is 1. The third kappa shape index (κ3) is 2.89. The quantitative estimate of drug-likeness (QED) is 0.874. The normalized spacial score (nSPS) is 19.1. The lowest BCUT2D eigenvalue weighted by molar-refractivity contribution is -0.125. The zero-order chi connectivity index (χ0) is 13.9. The van der Waals surface area contributed by atoms with Crippen molar-refractivity contribution in [2.75, 3.05) is 6.61 Å². The predicted molar refractivity (Wildman–Crippen MR) is 75.3 cm³/mol. The fraction of sp³-hybridized carbons (Fsp3) is 0.400. The largest absolute Gasteiger partial charge is 0.494 e. The van der Waals surface area contributed by atoms with Gasteiger partial charge >= 0.3 is 0 Å². The summed E-state index contributed by atoms with van der Waals surface area (Å²) in [6.07, 6.45) is 2.97. The Morgan fingerprint density at radius 1 is 1.21 bits per heavy atom. The molecule has 19 heavy (non-hydrogen) atoms. The third-order valence-corrected chi connectivity index (χ3v) is 3.22. The highest BCUT2D eigenvalue weighted by molar-refractivity contribution is 5.89. The smallest absolute Gasteiger partial charge is 0.249 e. The van der Waals surface area contributed by atoms with Gasteiger partial charge in [-0.15, -0.1) is 0 Å². The fourth-order valence-corrected chi connectivity index (χ4v) is 1.82. The lowest BCUT2D eigenvalue weighted by Gasteiger charge is -2.14. The summed E-state index contributed by atoms with van der Waals surface area (Å²) in [4.78, 5) is 11.6. The molecule has 0 saturated carbocycles. The Morgan fingerprint density at radius 3 is 2.42 bits per heavy atom. The van der Waals surface area contributed by atoms with Gasteiger partial charge in [0.1, 0.15) is 5.75 Å². The number of carbonyl (C=O) groups is 1. The van der Waals surface area contributed by atoms with Crippen LogP contribution in [-0.2, 0) is 4.79 Å². The van der Waals surface area contributed by atoms with Gasteiger partial charge in [0, 0.05) is 5.70 Å². The van der Waals surface area contributed by atoms with E-state index >= 15 is 0 Å². The summed E-state index contributed by atoms with van der Waals surface area (Å²) in [6, 6.07) is 7.86. The van der Waals surface area contributed by atoms with E-state index in [-0.39, 0.29) is 5.91 Å². The van der Waals surface area contributed by atoms with E-state index in [2.05, 4.69) is 17.8 Å². The molecule has 0 aromatic heterocycles. The Labute approximate surface area is 113 Å². The van der Waals surface area contributed by atoms with Crippen LogP contribution in [0.5, 0.6) is 5.75 Å². The molecule has 1 amide bonds. The van der Waals surface area contributed by atoms with Crippen LogP contribution in [0.1, 0.15) is 32.8 Å². The summed E-state index contributed by atoms with van der Waals surface area (Å²) in [5.74, 6) is 0.860. The Kier molecular flexibility index (Phi) is 3.79. The molecule has 0 spiro atoms. The van der Waals surface area contributed by atoms with E-state index < -0.39 is 5.41 Å². The Morgan fingerprint density at radius 2 is 1.89 bits per heavy atom. The number of rotatable bonds is 4. The van der Waals surface area contributed by atoms with E-state index in [0.29, 0.717) is 0 Å². The molecule has 1 aliphatic rings. The zero-order valence-electron chi connectivity index (χ0n) is 11.6. The first kappa shape index (κ1) is 13.5. The molecule has 0 radical (unpaired) electrons. The monoisotopic (exact) mass is 260 g/mol. The average molecular weight is 260 g/mol. The molecular weight excluding hydrogens is 240 g/mol. The van der Waals surface area contributed by atoms with Crippen LogP contribution in [0.3, 0.4) is 0 Å². The van der Waals surface area contributed by atoms with Gasteiger partial charge in [-0.2, -0.15) is 0 Å². The number of amides is 1. The summed E-state index contributed by atoms with van der Waals surface area (Å²) >= 11 is 0. The van der Waals surface area contributed by atoms with Gasteiger partial charge in [0.15, 0.2) is 0 Å². The van der Waals surface area contributed by atoms with Crippen LogP contribution in [-0.4, -0.2) is 12.5 Å². The Bertz CT molecular complexity index is 489. The van der Waals surface area contributed by atoms with Gasteiger partial charge in [-0.1, -0.05) is 19.1 Å². The van der Waals surface area contributed by atoms with Crippen molar-refractivity contribution < 1.29 is 9.53 Å². The van der Waals surface area contributed by atoms with Crippen LogP contribution in [0.15, 0.2) is 30.0 Å². The van der Waals surface area contributed by atoms with Gasteiger partial charge in [-0.3, -0.25) is 10.2 Å². The molecule has 1 heterocycles. The van der Waals surface area contributed by atoms with Crippen LogP contribution in [0.25, 0.3) is 6.08 Å². The van der Waals surface area contributed by atoms with Gasteiger partial charge in [0.2, 0.25) is 5.91 Å². The number of carbonyl (C=O) groups excluding carboxylic acids is 1. The minimum atomic E-state index is -0.516.